The predicted molar refractivity (Wildman–Crippen MR) is 124 cm³/mol. The highest BCUT2D eigenvalue weighted by Crippen LogP contribution is 2.44. The van der Waals surface area contributed by atoms with Gasteiger partial charge in [0.25, 0.3) is 0 Å². The van der Waals surface area contributed by atoms with Gasteiger partial charge in [0.1, 0.15) is 16.3 Å². The van der Waals surface area contributed by atoms with E-state index in [-0.39, 0.29) is 10.8 Å². The first kappa shape index (κ1) is 22.8. The van der Waals surface area contributed by atoms with Gasteiger partial charge in [-0.1, -0.05) is 68.8 Å². The summed E-state index contributed by atoms with van der Waals surface area (Å²) in [6, 6.07) is 7.72. The first-order chi connectivity index (χ1) is 14.7. The van der Waals surface area contributed by atoms with Gasteiger partial charge in [0.15, 0.2) is 0 Å². The third-order valence-corrected chi connectivity index (χ3v) is 6.91. The number of aliphatic imine (C=N–C) groups is 1. The zero-order valence-corrected chi connectivity index (χ0v) is 18.9. The number of carbonyl (C=O) groups excluding carboxylic acids is 1. The van der Waals surface area contributed by atoms with Gasteiger partial charge in [0.05, 0.1) is 7.11 Å². The molecule has 6 nitrogen and oxygen atoms in total. The van der Waals surface area contributed by atoms with Gasteiger partial charge in [0, 0.05) is 13.0 Å². The molecular formula is C23H34N4O2S. The predicted octanol–water partition coefficient (Wildman–Crippen LogP) is 6.39. The number of methoxy groups -OCH3 is 1. The molecule has 1 amide bonds. The standard InChI is InChI=1S/C23H34N4O2S/c1-29-20-14-10-9-13-19(20)25-22-26-27-23(30-22)16-11-7-5-3-2-4-6-8-15-21(28)24-18-12-17-23/h9-10,13-14H,2-8,11-12,15-18H2,1H3,(H,24,28). The number of nitrogens with zero attached hydrogens (tertiary/aromatic N) is 3. The van der Waals surface area contributed by atoms with Gasteiger partial charge in [-0.3, -0.25) is 4.79 Å². The summed E-state index contributed by atoms with van der Waals surface area (Å²) < 4.78 is 5.41. The number of nitrogens with one attached hydrogen (secondary N) is 1. The number of amidine groups is 1. The Morgan fingerprint density at radius 2 is 1.70 bits per heavy atom. The minimum absolute atomic E-state index is 0.176. The Hall–Kier alpha value is -1.89. The summed E-state index contributed by atoms with van der Waals surface area (Å²) in [7, 11) is 1.65. The summed E-state index contributed by atoms with van der Waals surface area (Å²) in [5.74, 6) is 0.915. The number of para-hydroxylation sites is 2. The lowest BCUT2D eigenvalue weighted by molar-refractivity contribution is -0.121. The summed E-state index contributed by atoms with van der Waals surface area (Å²) in [5, 5.41) is 12.9. The minimum atomic E-state index is -0.261. The van der Waals surface area contributed by atoms with E-state index >= 15 is 0 Å². The lowest BCUT2D eigenvalue weighted by Gasteiger charge is -2.23. The van der Waals surface area contributed by atoms with E-state index < -0.39 is 0 Å². The van der Waals surface area contributed by atoms with E-state index in [9.17, 15) is 4.79 Å². The van der Waals surface area contributed by atoms with E-state index in [0.717, 1.165) is 43.5 Å². The Kier molecular flexibility index (Phi) is 9.18. The molecule has 164 valence electrons. The van der Waals surface area contributed by atoms with E-state index in [1.807, 2.05) is 24.3 Å². The van der Waals surface area contributed by atoms with Crippen molar-refractivity contribution in [3.8, 4) is 5.75 Å². The van der Waals surface area contributed by atoms with Crippen molar-refractivity contribution in [1.82, 2.24) is 5.32 Å². The number of benzene rings is 1. The molecule has 1 aromatic rings. The van der Waals surface area contributed by atoms with Crippen LogP contribution in [0, 0.1) is 0 Å². The average Bonchev–Trinajstić information content (AvgIpc) is 3.15. The largest absolute Gasteiger partial charge is 0.494 e. The second-order valence-electron chi connectivity index (χ2n) is 8.10. The molecule has 7 heteroatoms. The molecule has 1 aromatic carbocycles. The van der Waals surface area contributed by atoms with Crippen LogP contribution >= 0.6 is 11.8 Å². The highest BCUT2D eigenvalue weighted by molar-refractivity contribution is 8.15. The quantitative estimate of drug-likeness (QED) is 0.591. The zero-order valence-electron chi connectivity index (χ0n) is 18.1. The van der Waals surface area contributed by atoms with Crippen molar-refractivity contribution in [2.75, 3.05) is 13.7 Å². The normalized spacial score (nSPS) is 26.0. The first-order valence-electron chi connectivity index (χ1n) is 11.3. The van der Waals surface area contributed by atoms with Crippen molar-refractivity contribution in [3.05, 3.63) is 24.3 Å². The number of azo groups is 1. The van der Waals surface area contributed by atoms with Crippen molar-refractivity contribution in [2.24, 2.45) is 15.2 Å². The Bertz CT molecular complexity index is 752. The molecule has 1 atom stereocenters. The monoisotopic (exact) mass is 430 g/mol. The van der Waals surface area contributed by atoms with Crippen LogP contribution in [0.15, 0.2) is 39.5 Å². The summed E-state index contributed by atoms with van der Waals surface area (Å²) in [4.78, 5) is 16.4. The molecule has 0 aliphatic carbocycles. The van der Waals surface area contributed by atoms with Crippen LogP contribution in [0.5, 0.6) is 5.75 Å². The van der Waals surface area contributed by atoms with Crippen LogP contribution in [0.1, 0.15) is 77.0 Å². The Labute approximate surface area is 184 Å². The topological polar surface area (TPSA) is 75.4 Å². The first-order valence-corrected chi connectivity index (χ1v) is 12.1. The van der Waals surface area contributed by atoms with Crippen molar-refractivity contribution >= 4 is 28.5 Å². The van der Waals surface area contributed by atoms with Crippen LogP contribution in [-0.2, 0) is 4.79 Å². The SMILES string of the molecule is COc1ccccc1N=C1N=NC2(CCCCCCCCCCC(=O)NCCC2)S1. The van der Waals surface area contributed by atoms with Crippen LogP contribution in [0.4, 0.5) is 5.69 Å². The molecule has 1 N–H and O–H groups in total. The van der Waals surface area contributed by atoms with Crippen LogP contribution in [0.3, 0.4) is 0 Å². The van der Waals surface area contributed by atoms with Crippen LogP contribution in [0.25, 0.3) is 0 Å². The lowest BCUT2D eigenvalue weighted by Crippen LogP contribution is -2.27. The van der Waals surface area contributed by atoms with Crippen LogP contribution in [0.2, 0.25) is 0 Å². The maximum absolute atomic E-state index is 12.0. The van der Waals surface area contributed by atoms with Gasteiger partial charge >= 0.3 is 0 Å². The number of hydrogen-bond acceptors (Lipinski definition) is 5. The number of carbonyl (C=O) groups is 1. The Morgan fingerprint density at radius 3 is 2.50 bits per heavy atom. The third kappa shape index (κ3) is 7.11. The molecule has 2 aliphatic heterocycles. The van der Waals surface area contributed by atoms with E-state index in [0.29, 0.717) is 18.1 Å². The highest BCUT2D eigenvalue weighted by Gasteiger charge is 2.36. The molecule has 0 radical (unpaired) electrons. The van der Waals surface area contributed by atoms with Crippen molar-refractivity contribution < 1.29 is 9.53 Å². The molecule has 2 aliphatic rings. The average molecular weight is 431 g/mol. The number of rotatable bonds is 2. The van der Waals surface area contributed by atoms with Crippen molar-refractivity contribution in [2.45, 2.75) is 81.9 Å². The number of ether oxygens (including phenoxy) is 1. The fraction of sp³-hybridized carbons (Fsp3) is 0.652. The molecular weight excluding hydrogens is 396 g/mol. The lowest BCUT2D eigenvalue weighted by atomic mass is 10.0. The maximum atomic E-state index is 12.0. The summed E-state index contributed by atoms with van der Waals surface area (Å²) >= 11 is 1.66. The van der Waals surface area contributed by atoms with Gasteiger partial charge in [-0.15, -0.1) is 5.11 Å². The Balaban J connectivity index is 1.64. The molecule has 3 rings (SSSR count). The molecule has 1 unspecified atom stereocenters. The zero-order chi connectivity index (χ0) is 21.1. The highest BCUT2D eigenvalue weighted by atomic mass is 32.2. The summed E-state index contributed by atoms with van der Waals surface area (Å²) in [5.41, 5.74) is 0.777. The van der Waals surface area contributed by atoms with Crippen LogP contribution in [-0.4, -0.2) is 29.6 Å². The number of amides is 1. The van der Waals surface area contributed by atoms with E-state index in [1.54, 1.807) is 18.9 Å². The fourth-order valence-electron chi connectivity index (χ4n) is 3.97. The van der Waals surface area contributed by atoms with Crippen LogP contribution < -0.4 is 10.1 Å². The summed E-state index contributed by atoms with van der Waals surface area (Å²) in [6.45, 7) is 0.704. The molecule has 1 saturated heterocycles. The second-order valence-corrected chi connectivity index (χ2v) is 9.43. The number of hydrogen-bond donors (Lipinski definition) is 1. The molecule has 2 heterocycles. The van der Waals surface area contributed by atoms with Gasteiger partial charge in [-0.25, -0.2) is 4.99 Å². The van der Waals surface area contributed by atoms with E-state index in [4.69, 9.17) is 9.73 Å². The minimum Gasteiger partial charge on any atom is -0.494 e. The van der Waals surface area contributed by atoms with Gasteiger partial charge < -0.3 is 10.1 Å². The fourth-order valence-corrected chi connectivity index (χ4v) is 5.11. The second kappa shape index (κ2) is 12.1. The van der Waals surface area contributed by atoms with Gasteiger partial charge in [-0.2, -0.15) is 5.11 Å². The molecule has 1 fully saturated rings. The molecule has 30 heavy (non-hydrogen) atoms. The number of thioether (sulfide) groups is 1. The third-order valence-electron chi connectivity index (χ3n) is 5.69. The smallest absolute Gasteiger partial charge is 0.219 e. The van der Waals surface area contributed by atoms with Crippen molar-refractivity contribution in [1.29, 1.82) is 0 Å². The van der Waals surface area contributed by atoms with Gasteiger partial charge in [0.2, 0.25) is 11.1 Å². The molecule has 0 aromatic heterocycles. The molecule has 1 spiro atoms. The van der Waals surface area contributed by atoms with Crippen molar-refractivity contribution in [3.63, 3.8) is 0 Å². The molecule has 0 saturated carbocycles. The van der Waals surface area contributed by atoms with E-state index in [1.165, 1.54) is 38.5 Å². The maximum Gasteiger partial charge on any atom is 0.219 e. The van der Waals surface area contributed by atoms with E-state index in [2.05, 4.69) is 15.5 Å². The Morgan fingerprint density at radius 1 is 1.00 bits per heavy atom. The summed E-state index contributed by atoms with van der Waals surface area (Å²) in [6.07, 6.45) is 13.1. The molecule has 0 bridgehead atoms. The van der Waals surface area contributed by atoms with Gasteiger partial charge in [-0.05, 0) is 37.8 Å².